The Morgan fingerprint density at radius 3 is 2.41 bits per heavy atom. The van der Waals surface area contributed by atoms with Crippen LogP contribution in [0.4, 0.5) is 5.69 Å². The second-order valence-electron chi connectivity index (χ2n) is 7.06. The molecule has 1 heterocycles. The molecule has 1 atom stereocenters. The van der Waals surface area contributed by atoms with Crippen molar-refractivity contribution in [3.8, 4) is 5.69 Å². The van der Waals surface area contributed by atoms with Gasteiger partial charge in [0.2, 0.25) is 0 Å². The zero-order valence-electron chi connectivity index (χ0n) is 16.8. The van der Waals surface area contributed by atoms with Gasteiger partial charge in [0.25, 0.3) is 5.56 Å². The van der Waals surface area contributed by atoms with Gasteiger partial charge in [0.1, 0.15) is 5.69 Å². The number of thiocarbonyl (C=S) groups is 1. The molecule has 0 saturated heterocycles. The van der Waals surface area contributed by atoms with Crippen LogP contribution in [-0.4, -0.2) is 26.4 Å². The fourth-order valence-corrected chi connectivity index (χ4v) is 3.57. The number of nitrogens with one attached hydrogen (secondary N) is 2. The van der Waals surface area contributed by atoms with E-state index in [9.17, 15) is 4.79 Å². The van der Waals surface area contributed by atoms with E-state index in [4.69, 9.17) is 23.8 Å². The van der Waals surface area contributed by atoms with Gasteiger partial charge in [-0.25, -0.2) is 4.68 Å². The minimum Gasteiger partial charge on any atom is -0.361 e. The lowest BCUT2D eigenvalue weighted by Crippen LogP contribution is -2.35. The monoisotopic (exact) mass is 428 g/mol. The number of para-hydroxylation sites is 1. The van der Waals surface area contributed by atoms with E-state index in [2.05, 4.69) is 41.8 Å². The zero-order chi connectivity index (χ0) is 21.0. The van der Waals surface area contributed by atoms with Gasteiger partial charge in [-0.2, -0.15) is 0 Å². The Labute approximate surface area is 181 Å². The summed E-state index contributed by atoms with van der Waals surface area (Å²) in [5.41, 5.74) is 4.31. The summed E-state index contributed by atoms with van der Waals surface area (Å²) in [6, 6.07) is 17.8. The summed E-state index contributed by atoms with van der Waals surface area (Å²) >= 11 is 11.8. The largest absolute Gasteiger partial charge is 0.361 e. The fraction of sp³-hybridized carbons (Fsp3) is 0.273. The number of hydrogen-bond donors (Lipinski definition) is 2. The van der Waals surface area contributed by atoms with Crippen molar-refractivity contribution >= 4 is 34.6 Å². The third-order valence-electron chi connectivity index (χ3n) is 4.85. The first kappa shape index (κ1) is 21.1. The van der Waals surface area contributed by atoms with Gasteiger partial charge in [0.15, 0.2) is 5.11 Å². The van der Waals surface area contributed by atoms with Crippen LogP contribution in [-0.2, 0) is 13.5 Å². The molecule has 5 nitrogen and oxygen atoms in total. The minimum atomic E-state index is -0.151. The number of aryl methyl sites for hydroxylation is 1. The van der Waals surface area contributed by atoms with E-state index in [1.807, 2.05) is 49.0 Å². The summed E-state index contributed by atoms with van der Waals surface area (Å²) in [5, 5.41) is 6.42. The summed E-state index contributed by atoms with van der Waals surface area (Å²) in [5.74, 6) is 0. The van der Waals surface area contributed by atoms with Crippen LogP contribution in [0.25, 0.3) is 5.69 Å². The number of anilines is 1. The van der Waals surface area contributed by atoms with Crippen LogP contribution >= 0.6 is 23.8 Å². The molecule has 0 aliphatic heterocycles. The molecule has 0 amide bonds. The highest BCUT2D eigenvalue weighted by atomic mass is 35.5. The molecule has 2 aromatic carbocycles. The van der Waals surface area contributed by atoms with Gasteiger partial charge in [-0.15, -0.1) is 11.6 Å². The summed E-state index contributed by atoms with van der Waals surface area (Å²) in [6.45, 7) is 4.44. The second kappa shape index (κ2) is 9.29. The number of rotatable bonds is 6. The first-order chi connectivity index (χ1) is 13.9. The van der Waals surface area contributed by atoms with E-state index in [1.165, 1.54) is 11.1 Å². The van der Waals surface area contributed by atoms with Crippen molar-refractivity contribution < 1.29 is 0 Å². The van der Waals surface area contributed by atoms with E-state index in [0.29, 0.717) is 17.3 Å². The molecule has 3 aromatic rings. The Morgan fingerprint density at radius 2 is 1.76 bits per heavy atom. The third-order valence-corrected chi connectivity index (χ3v) is 5.41. The van der Waals surface area contributed by atoms with E-state index in [-0.39, 0.29) is 10.9 Å². The van der Waals surface area contributed by atoms with Crippen molar-refractivity contribution in [1.29, 1.82) is 0 Å². The normalized spacial score (nSPS) is 11.9. The van der Waals surface area contributed by atoms with Crippen LogP contribution < -0.4 is 16.2 Å². The van der Waals surface area contributed by atoms with E-state index in [0.717, 1.165) is 17.8 Å². The molecule has 29 heavy (non-hydrogen) atoms. The lowest BCUT2D eigenvalue weighted by molar-refractivity contribution is 0.630. The van der Waals surface area contributed by atoms with Gasteiger partial charge in [0, 0.05) is 13.6 Å². The van der Waals surface area contributed by atoms with Crippen LogP contribution in [0, 0.1) is 13.8 Å². The molecule has 0 aliphatic rings. The van der Waals surface area contributed by atoms with Crippen LogP contribution in [0.15, 0.2) is 59.4 Å². The highest BCUT2D eigenvalue weighted by Gasteiger charge is 2.17. The Morgan fingerprint density at radius 1 is 1.10 bits per heavy atom. The Hall–Kier alpha value is -2.57. The number of alkyl halides is 1. The number of nitrogens with zero attached hydrogens (tertiary/aromatic N) is 2. The third kappa shape index (κ3) is 5.08. The van der Waals surface area contributed by atoms with E-state index in [1.54, 1.807) is 4.68 Å². The Balaban J connectivity index is 1.63. The van der Waals surface area contributed by atoms with Gasteiger partial charge in [-0.1, -0.05) is 48.0 Å². The first-order valence-electron chi connectivity index (χ1n) is 9.45. The minimum absolute atomic E-state index is 0.115. The maximum Gasteiger partial charge on any atom is 0.295 e. The van der Waals surface area contributed by atoms with Gasteiger partial charge in [-0.3, -0.25) is 9.48 Å². The van der Waals surface area contributed by atoms with Gasteiger partial charge >= 0.3 is 0 Å². The highest BCUT2D eigenvalue weighted by molar-refractivity contribution is 7.80. The SMILES string of the molecule is Cc1ccc(CC(Cl)CNC(=S)Nc2c(C)n(C)n(-c3ccccc3)c2=O)cc1. The van der Waals surface area contributed by atoms with Crippen LogP contribution in [0.5, 0.6) is 0 Å². The van der Waals surface area contributed by atoms with E-state index >= 15 is 0 Å². The maximum absolute atomic E-state index is 12.9. The molecule has 3 rings (SSSR count). The van der Waals surface area contributed by atoms with Gasteiger partial charge < -0.3 is 10.6 Å². The quantitative estimate of drug-likeness (QED) is 0.461. The predicted molar refractivity (Wildman–Crippen MR) is 124 cm³/mol. The molecule has 7 heteroatoms. The molecule has 2 N–H and O–H groups in total. The molecule has 0 bridgehead atoms. The predicted octanol–water partition coefficient (Wildman–Crippen LogP) is 3.93. The van der Waals surface area contributed by atoms with E-state index < -0.39 is 0 Å². The van der Waals surface area contributed by atoms with Crippen molar-refractivity contribution in [2.75, 3.05) is 11.9 Å². The number of benzene rings is 2. The smallest absolute Gasteiger partial charge is 0.295 e. The van der Waals surface area contributed by atoms with Crippen LogP contribution in [0.1, 0.15) is 16.8 Å². The summed E-state index contributed by atoms with van der Waals surface area (Å²) in [6.07, 6.45) is 0.739. The standard InChI is InChI=1S/C22H25ClN4OS/c1-15-9-11-17(12-10-15)13-18(23)14-24-22(29)25-20-16(2)26(3)27(21(20)28)19-7-5-4-6-8-19/h4-12,18H,13-14H2,1-3H3,(H2,24,25,29). The average Bonchev–Trinajstić information content (AvgIpc) is 2.92. The molecule has 0 radical (unpaired) electrons. The topological polar surface area (TPSA) is 51.0 Å². The van der Waals surface area contributed by atoms with Crippen molar-refractivity contribution in [1.82, 2.24) is 14.7 Å². The number of hydrogen-bond acceptors (Lipinski definition) is 2. The molecule has 0 spiro atoms. The molecular formula is C22H25ClN4OS. The second-order valence-corrected chi connectivity index (χ2v) is 8.08. The fourth-order valence-electron chi connectivity index (χ4n) is 3.13. The van der Waals surface area contributed by atoms with Crippen molar-refractivity contribution in [3.63, 3.8) is 0 Å². The number of halogens is 1. The van der Waals surface area contributed by atoms with Crippen LogP contribution in [0.3, 0.4) is 0 Å². The van der Waals surface area contributed by atoms with Crippen molar-refractivity contribution in [2.45, 2.75) is 25.6 Å². The average molecular weight is 429 g/mol. The van der Waals surface area contributed by atoms with Crippen molar-refractivity contribution in [2.24, 2.45) is 7.05 Å². The lowest BCUT2D eigenvalue weighted by atomic mass is 10.1. The van der Waals surface area contributed by atoms with Gasteiger partial charge in [0.05, 0.1) is 16.8 Å². The Kier molecular flexibility index (Phi) is 6.77. The highest BCUT2D eigenvalue weighted by Crippen LogP contribution is 2.14. The molecule has 0 saturated carbocycles. The number of aromatic nitrogens is 2. The maximum atomic E-state index is 12.9. The lowest BCUT2D eigenvalue weighted by Gasteiger charge is -2.13. The molecule has 1 unspecified atom stereocenters. The first-order valence-corrected chi connectivity index (χ1v) is 10.3. The summed E-state index contributed by atoms with van der Waals surface area (Å²) < 4.78 is 3.42. The molecule has 0 aliphatic carbocycles. The summed E-state index contributed by atoms with van der Waals surface area (Å²) in [7, 11) is 1.85. The van der Waals surface area contributed by atoms with Crippen molar-refractivity contribution in [3.05, 3.63) is 81.8 Å². The Bertz CT molecular complexity index is 1040. The molecule has 0 fully saturated rings. The zero-order valence-corrected chi connectivity index (χ0v) is 18.3. The molecule has 152 valence electrons. The summed E-state index contributed by atoms with van der Waals surface area (Å²) in [4.78, 5) is 12.9. The molecular weight excluding hydrogens is 404 g/mol. The van der Waals surface area contributed by atoms with Crippen LogP contribution in [0.2, 0.25) is 0 Å². The van der Waals surface area contributed by atoms with Gasteiger partial charge in [-0.05, 0) is 50.2 Å². The molecule has 1 aromatic heterocycles.